The highest BCUT2D eigenvalue weighted by molar-refractivity contribution is 5.83. The maximum absolute atomic E-state index is 11.0. The average molecular weight is 206 g/mol. The van der Waals surface area contributed by atoms with Gasteiger partial charge >= 0.3 is 5.69 Å². The van der Waals surface area contributed by atoms with E-state index in [1.807, 2.05) is 6.07 Å². The highest BCUT2D eigenvalue weighted by atomic mass is 16.4. The van der Waals surface area contributed by atoms with Gasteiger partial charge in [0, 0.05) is 6.42 Å². The van der Waals surface area contributed by atoms with Crippen molar-refractivity contribution in [3.63, 3.8) is 0 Å². The number of oxime groups is 1. The van der Waals surface area contributed by atoms with Crippen LogP contribution in [0, 0.1) is 0 Å². The Balaban J connectivity index is 2.42. The summed E-state index contributed by atoms with van der Waals surface area (Å²) >= 11 is 0. The molecule has 1 aromatic heterocycles. The number of nitrogens with two attached hydrogens (primary N) is 1. The minimum absolute atomic E-state index is 0.132. The number of amidine groups is 1. The molecule has 6 heteroatoms. The zero-order chi connectivity index (χ0) is 10.8. The van der Waals surface area contributed by atoms with E-state index in [2.05, 4.69) is 15.1 Å². The van der Waals surface area contributed by atoms with Crippen molar-refractivity contribution >= 4 is 16.9 Å². The molecule has 0 saturated carbocycles. The number of aromatic amines is 2. The Kier molecular flexibility index (Phi) is 2.17. The van der Waals surface area contributed by atoms with Crippen LogP contribution in [0.15, 0.2) is 28.1 Å². The van der Waals surface area contributed by atoms with Crippen molar-refractivity contribution in [3.8, 4) is 0 Å². The highest BCUT2D eigenvalue weighted by Crippen LogP contribution is 2.10. The summed E-state index contributed by atoms with van der Waals surface area (Å²) in [6, 6.07) is 5.36. The number of hydrogen-bond acceptors (Lipinski definition) is 3. The zero-order valence-corrected chi connectivity index (χ0v) is 7.82. The van der Waals surface area contributed by atoms with Gasteiger partial charge in [0.1, 0.15) is 5.84 Å². The van der Waals surface area contributed by atoms with Gasteiger partial charge in [0.05, 0.1) is 11.0 Å². The van der Waals surface area contributed by atoms with Crippen molar-refractivity contribution in [2.24, 2.45) is 10.9 Å². The topological polar surface area (TPSA) is 107 Å². The summed E-state index contributed by atoms with van der Waals surface area (Å²) in [6.07, 6.45) is 0.347. The van der Waals surface area contributed by atoms with Crippen molar-refractivity contribution in [3.05, 3.63) is 34.2 Å². The maximum atomic E-state index is 11.0. The van der Waals surface area contributed by atoms with E-state index in [0.29, 0.717) is 11.9 Å². The summed E-state index contributed by atoms with van der Waals surface area (Å²) < 4.78 is 0. The SMILES string of the molecule is N/C(Cc1ccc2[nH]c(=O)[nH]c2c1)=N\O. The second-order valence-corrected chi connectivity index (χ2v) is 3.23. The zero-order valence-electron chi connectivity index (χ0n) is 7.82. The first-order chi connectivity index (χ1) is 7.19. The normalized spacial score (nSPS) is 12.1. The van der Waals surface area contributed by atoms with Gasteiger partial charge in [0.2, 0.25) is 0 Å². The molecule has 2 rings (SSSR count). The van der Waals surface area contributed by atoms with Gasteiger partial charge in [-0.1, -0.05) is 11.2 Å². The van der Waals surface area contributed by atoms with E-state index >= 15 is 0 Å². The minimum atomic E-state index is -0.244. The van der Waals surface area contributed by atoms with E-state index in [-0.39, 0.29) is 11.5 Å². The van der Waals surface area contributed by atoms with Crippen molar-refractivity contribution in [2.75, 3.05) is 0 Å². The molecule has 0 saturated heterocycles. The van der Waals surface area contributed by atoms with Crippen molar-refractivity contribution in [2.45, 2.75) is 6.42 Å². The van der Waals surface area contributed by atoms with E-state index in [9.17, 15) is 4.79 Å². The van der Waals surface area contributed by atoms with Crippen LogP contribution in [0.2, 0.25) is 0 Å². The number of nitrogens with one attached hydrogen (secondary N) is 2. The molecule has 0 bridgehead atoms. The largest absolute Gasteiger partial charge is 0.409 e. The van der Waals surface area contributed by atoms with Crippen LogP contribution >= 0.6 is 0 Å². The van der Waals surface area contributed by atoms with Crippen LogP contribution in [-0.4, -0.2) is 21.0 Å². The molecule has 15 heavy (non-hydrogen) atoms. The van der Waals surface area contributed by atoms with E-state index in [0.717, 1.165) is 11.1 Å². The first kappa shape index (κ1) is 9.32. The molecule has 0 amide bonds. The van der Waals surface area contributed by atoms with Crippen LogP contribution in [0.5, 0.6) is 0 Å². The fourth-order valence-electron chi connectivity index (χ4n) is 1.43. The van der Waals surface area contributed by atoms with E-state index in [1.54, 1.807) is 12.1 Å². The number of fused-ring (bicyclic) bond motifs is 1. The van der Waals surface area contributed by atoms with Gasteiger partial charge in [-0.05, 0) is 17.7 Å². The number of imidazole rings is 1. The second-order valence-electron chi connectivity index (χ2n) is 3.23. The molecule has 2 aromatic rings. The Morgan fingerprint density at radius 1 is 1.40 bits per heavy atom. The molecule has 0 radical (unpaired) electrons. The van der Waals surface area contributed by atoms with E-state index < -0.39 is 0 Å². The van der Waals surface area contributed by atoms with Crippen LogP contribution in [0.25, 0.3) is 11.0 Å². The molecule has 0 aliphatic carbocycles. The molecule has 1 aromatic carbocycles. The predicted octanol–water partition coefficient (Wildman–Crippen LogP) is 0.145. The lowest BCUT2D eigenvalue weighted by molar-refractivity contribution is 0.317. The fraction of sp³-hybridized carbons (Fsp3) is 0.111. The Morgan fingerprint density at radius 3 is 2.87 bits per heavy atom. The molecule has 1 heterocycles. The molecular weight excluding hydrogens is 196 g/mol. The average Bonchev–Trinajstić information content (AvgIpc) is 2.57. The van der Waals surface area contributed by atoms with E-state index in [1.165, 1.54) is 0 Å². The predicted molar refractivity (Wildman–Crippen MR) is 56.0 cm³/mol. The van der Waals surface area contributed by atoms with Crippen LogP contribution in [0.3, 0.4) is 0 Å². The molecule has 5 N–H and O–H groups in total. The van der Waals surface area contributed by atoms with Crippen molar-refractivity contribution in [1.82, 2.24) is 9.97 Å². The summed E-state index contributed by atoms with van der Waals surface area (Å²) in [6.45, 7) is 0. The number of rotatable bonds is 2. The summed E-state index contributed by atoms with van der Waals surface area (Å²) in [4.78, 5) is 16.2. The van der Waals surface area contributed by atoms with Gasteiger partial charge in [-0.2, -0.15) is 0 Å². The molecule has 0 spiro atoms. The third-order valence-electron chi connectivity index (χ3n) is 2.09. The van der Waals surface area contributed by atoms with Crippen molar-refractivity contribution < 1.29 is 5.21 Å². The Bertz CT molecular complexity index is 567. The number of hydrogen-bond donors (Lipinski definition) is 4. The lowest BCUT2D eigenvalue weighted by Gasteiger charge is -1.98. The third-order valence-corrected chi connectivity index (χ3v) is 2.09. The summed E-state index contributed by atoms with van der Waals surface area (Å²) in [5, 5.41) is 11.3. The molecule has 6 nitrogen and oxygen atoms in total. The smallest absolute Gasteiger partial charge is 0.323 e. The fourth-order valence-corrected chi connectivity index (χ4v) is 1.43. The first-order valence-corrected chi connectivity index (χ1v) is 4.36. The quantitative estimate of drug-likeness (QED) is 0.243. The molecule has 0 atom stereocenters. The maximum Gasteiger partial charge on any atom is 0.323 e. The Hall–Kier alpha value is -2.24. The van der Waals surface area contributed by atoms with E-state index in [4.69, 9.17) is 10.9 Å². The molecule has 0 aliphatic rings. The van der Waals surface area contributed by atoms with Gasteiger partial charge in [-0.25, -0.2) is 4.79 Å². The number of H-pyrrole nitrogens is 2. The molecular formula is C9H10N4O2. The third kappa shape index (κ3) is 1.83. The molecule has 0 aliphatic heterocycles. The first-order valence-electron chi connectivity index (χ1n) is 4.36. The number of nitrogens with zero attached hydrogens (tertiary/aromatic N) is 1. The minimum Gasteiger partial charge on any atom is -0.409 e. The van der Waals surface area contributed by atoms with Gasteiger partial charge in [0.15, 0.2) is 0 Å². The number of benzene rings is 1. The van der Waals surface area contributed by atoms with Crippen LogP contribution in [-0.2, 0) is 6.42 Å². The second kappa shape index (κ2) is 3.49. The monoisotopic (exact) mass is 206 g/mol. The molecule has 0 unspecified atom stereocenters. The standard InChI is InChI=1S/C9H10N4O2/c10-8(13-15)4-5-1-2-6-7(3-5)12-9(14)11-6/h1-3,15H,4H2,(H2,10,13)(H2,11,12,14). The highest BCUT2D eigenvalue weighted by Gasteiger charge is 2.01. The summed E-state index contributed by atoms with van der Waals surface area (Å²) in [5.74, 6) is 0.132. The van der Waals surface area contributed by atoms with Gasteiger partial charge in [-0.3, -0.25) is 0 Å². The lowest BCUT2D eigenvalue weighted by atomic mass is 10.1. The van der Waals surface area contributed by atoms with Crippen LogP contribution in [0.1, 0.15) is 5.56 Å². The van der Waals surface area contributed by atoms with Crippen molar-refractivity contribution in [1.29, 1.82) is 0 Å². The number of aromatic nitrogens is 2. The molecule has 78 valence electrons. The van der Waals surface area contributed by atoms with Gasteiger partial charge < -0.3 is 20.9 Å². The lowest BCUT2D eigenvalue weighted by Crippen LogP contribution is -2.14. The Labute approximate surface area is 84.4 Å². The van der Waals surface area contributed by atoms with Gasteiger partial charge in [0.25, 0.3) is 0 Å². The Morgan fingerprint density at radius 2 is 2.13 bits per heavy atom. The summed E-state index contributed by atoms with van der Waals surface area (Å²) in [7, 11) is 0. The van der Waals surface area contributed by atoms with Crippen LogP contribution < -0.4 is 11.4 Å². The van der Waals surface area contributed by atoms with Crippen LogP contribution in [0.4, 0.5) is 0 Å². The van der Waals surface area contributed by atoms with Gasteiger partial charge in [-0.15, -0.1) is 0 Å². The summed E-state index contributed by atoms with van der Waals surface area (Å²) in [5.41, 5.74) is 7.45. The molecule has 0 fully saturated rings.